The quantitative estimate of drug-likeness (QED) is 0.175. The highest BCUT2D eigenvalue weighted by Gasteiger charge is 2.51. The van der Waals surface area contributed by atoms with Gasteiger partial charge in [0.25, 0.3) is 0 Å². The van der Waals surface area contributed by atoms with E-state index in [9.17, 15) is 0 Å². The van der Waals surface area contributed by atoms with Crippen molar-refractivity contribution in [1.82, 2.24) is 0 Å². The summed E-state index contributed by atoms with van der Waals surface area (Å²) in [5, 5.41) is 0. The zero-order chi connectivity index (χ0) is 31.4. The van der Waals surface area contributed by atoms with Crippen LogP contribution in [-0.2, 0) is 5.41 Å². The fraction of sp³-hybridized carbons (Fsp3) is 0.0217. The number of hydrogen-bond donors (Lipinski definition) is 0. The Hall–Kier alpha value is -6.05. The molecule has 9 rings (SSSR count). The lowest BCUT2D eigenvalue weighted by atomic mass is 9.70. The minimum atomic E-state index is -0.477. The first-order valence-electron chi connectivity index (χ1n) is 16.2. The van der Waals surface area contributed by atoms with E-state index in [0.717, 1.165) is 39.2 Å². The molecule has 0 saturated heterocycles. The van der Waals surface area contributed by atoms with E-state index in [0.29, 0.717) is 0 Å². The van der Waals surface area contributed by atoms with Crippen LogP contribution in [0.15, 0.2) is 187 Å². The van der Waals surface area contributed by atoms with E-state index in [-0.39, 0.29) is 0 Å². The van der Waals surface area contributed by atoms with Gasteiger partial charge in [0, 0.05) is 11.1 Å². The summed E-state index contributed by atoms with van der Waals surface area (Å²) < 4.78 is 0. The summed E-state index contributed by atoms with van der Waals surface area (Å²) >= 11 is 0. The lowest BCUT2D eigenvalue weighted by Gasteiger charge is -2.31. The van der Waals surface area contributed by atoms with Gasteiger partial charge < -0.3 is 0 Å². The number of aliphatic imine (C=N–C) groups is 1. The summed E-state index contributed by atoms with van der Waals surface area (Å²) in [7, 11) is 0. The first kappa shape index (κ1) is 27.3. The maximum Gasteiger partial charge on any atom is 0.0781 e. The first-order valence-corrected chi connectivity index (χ1v) is 16.2. The summed E-state index contributed by atoms with van der Waals surface area (Å²) in [4.78, 5) is 5.25. The van der Waals surface area contributed by atoms with Crippen molar-refractivity contribution in [3.8, 4) is 22.3 Å². The van der Waals surface area contributed by atoms with Gasteiger partial charge in [0.1, 0.15) is 0 Å². The monoisotopic (exact) mass is 597 g/mol. The molecule has 1 atom stereocenters. The van der Waals surface area contributed by atoms with Crippen LogP contribution in [0.4, 0.5) is 5.69 Å². The molecule has 0 heterocycles. The molecule has 0 amide bonds. The molecule has 0 fully saturated rings. The van der Waals surface area contributed by atoms with Crippen molar-refractivity contribution in [3.05, 3.63) is 227 Å². The number of rotatable bonds is 5. The SMILES string of the molecule is C=C(c1ccccc1)c1ccc2c(c1)C1(c3ccccc3-2)c2ccccc2-c2ccc(/C(=N/c3ccccc3)c3ccccc3)cc21. The normalized spacial score (nSPS) is 15.5. The summed E-state index contributed by atoms with van der Waals surface area (Å²) in [5.41, 5.74) is 17.3. The molecular formula is C46H31N. The molecule has 0 N–H and O–H groups in total. The molecule has 7 aromatic carbocycles. The molecule has 0 bridgehead atoms. The number of para-hydroxylation sites is 1. The molecule has 1 unspecified atom stereocenters. The highest BCUT2D eigenvalue weighted by Crippen LogP contribution is 2.63. The largest absolute Gasteiger partial charge is 0.248 e. The molecule has 1 nitrogen and oxygen atoms in total. The van der Waals surface area contributed by atoms with Gasteiger partial charge in [-0.15, -0.1) is 0 Å². The molecule has 0 radical (unpaired) electrons. The molecule has 2 aliphatic rings. The zero-order valence-electron chi connectivity index (χ0n) is 25.9. The Morgan fingerprint density at radius 2 is 0.830 bits per heavy atom. The molecule has 0 saturated carbocycles. The molecule has 0 aliphatic heterocycles. The minimum absolute atomic E-state index is 0.477. The second-order valence-corrected chi connectivity index (χ2v) is 12.4. The summed E-state index contributed by atoms with van der Waals surface area (Å²) in [6, 6.07) is 63.2. The van der Waals surface area contributed by atoms with E-state index in [4.69, 9.17) is 4.99 Å². The number of nitrogens with zero attached hydrogens (tertiary/aromatic N) is 1. The van der Waals surface area contributed by atoms with E-state index in [1.165, 1.54) is 44.5 Å². The van der Waals surface area contributed by atoms with Crippen LogP contribution >= 0.6 is 0 Å². The Kier molecular flexibility index (Phi) is 6.26. The molecule has 1 spiro atoms. The number of benzene rings is 7. The van der Waals surface area contributed by atoms with Crippen LogP contribution in [0.25, 0.3) is 27.8 Å². The van der Waals surface area contributed by atoms with Crippen molar-refractivity contribution in [2.24, 2.45) is 4.99 Å². The van der Waals surface area contributed by atoms with E-state index < -0.39 is 5.41 Å². The zero-order valence-corrected chi connectivity index (χ0v) is 25.9. The van der Waals surface area contributed by atoms with E-state index in [2.05, 4.69) is 164 Å². The van der Waals surface area contributed by atoms with Gasteiger partial charge in [-0.2, -0.15) is 0 Å². The van der Waals surface area contributed by atoms with Crippen LogP contribution in [0.5, 0.6) is 0 Å². The van der Waals surface area contributed by atoms with Gasteiger partial charge in [-0.3, -0.25) is 0 Å². The van der Waals surface area contributed by atoms with Crippen molar-refractivity contribution in [3.63, 3.8) is 0 Å². The van der Waals surface area contributed by atoms with Crippen LogP contribution in [-0.4, -0.2) is 5.71 Å². The van der Waals surface area contributed by atoms with Gasteiger partial charge in [0.15, 0.2) is 0 Å². The summed E-state index contributed by atoms with van der Waals surface area (Å²) in [6.45, 7) is 4.57. The maximum absolute atomic E-state index is 5.25. The molecule has 47 heavy (non-hydrogen) atoms. The molecule has 220 valence electrons. The molecule has 1 heteroatoms. The predicted molar refractivity (Wildman–Crippen MR) is 196 cm³/mol. The van der Waals surface area contributed by atoms with Gasteiger partial charge in [0.2, 0.25) is 0 Å². The van der Waals surface area contributed by atoms with Crippen LogP contribution in [0.1, 0.15) is 44.5 Å². The van der Waals surface area contributed by atoms with E-state index in [1.807, 2.05) is 18.2 Å². The lowest BCUT2D eigenvalue weighted by Crippen LogP contribution is -2.26. The molecule has 7 aromatic rings. The topological polar surface area (TPSA) is 12.4 Å². The Morgan fingerprint density at radius 3 is 1.43 bits per heavy atom. The van der Waals surface area contributed by atoms with Crippen LogP contribution < -0.4 is 0 Å². The standard InChI is InChI=1S/C46H31N/c1-31(32-15-5-2-6-16-32)34-25-27-39-37-21-11-13-23-41(37)46(43(39)29-34)42-24-14-12-22-38(42)40-28-26-35(30-44(40)46)45(33-17-7-3-8-18-33)47-36-19-9-4-10-20-36/h2-30H,1H2/b47-45+. The predicted octanol–water partition coefficient (Wildman–Crippen LogP) is 11.3. The van der Waals surface area contributed by atoms with Crippen molar-refractivity contribution in [2.75, 3.05) is 0 Å². The molecule has 2 aliphatic carbocycles. The maximum atomic E-state index is 5.25. The van der Waals surface area contributed by atoms with Gasteiger partial charge >= 0.3 is 0 Å². The van der Waals surface area contributed by atoms with Crippen LogP contribution in [0, 0.1) is 0 Å². The average Bonchev–Trinajstić information content (AvgIpc) is 3.61. The number of hydrogen-bond acceptors (Lipinski definition) is 1. The van der Waals surface area contributed by atoms with Crippen molar-refractivity contribution >= 4 is 17.0 Å². The van der Waals surface area contributed by atoms with Gasteiger partial charge in [0.05, 0.1) is 16.8 Å². The third kappa shape index (κ3) is 4.14. The second-order valence-electron chi connectivity index (χ2n) is 12.4. The Morgan fingerprint density at radius 1 is 0.383 bits per heavy atom. The lowest BCUT2D eigenvalue weighted by molar-refractivity contribution is 0.793. The van der Waals surface area contributed by atoms with Gasteiger partial charge in [-0.05, 0) is 85.5 Å². The number of fused-ring (bicyclic) bond motifs is 10. The Labute approximate surface area is 275 Å². The fourth-order valence-electron chi connectivity index (χ4n) is 7.80. The van der Waals surface area contributed by atoms with Crippen molar-refractivity contribution < 1.29 is 0 Å². The molecular weight excluding hydrogens is 567 g/mol. The first-order chi connectivity index (χ1) is 23.2. The Bertz CT molecular complexity index is 2340. The third-order valence-corrected chi connectivity index (χ3v) is 9.88. The Balaban J connectivity index is 1.33. The third-order valence-electron chi connectivity index (χ3n) is 9.88. The van der Waals surface area contributed by atoms with Gasteiger partial charge in [-0.1, -0.05) is 158 Å². The van der Waals surface area contributed by atoms with Crippen molar-refractivity contribution in [1.29, 1.82) is 0 Å². The summed E-state index contributed by atoms with van der Waals surface area (Å²) in [5.74, 6) is 0. The summed E-state index contributed by atoms with van der Waals surface area (Å²) in [6.07, 6.45) is 0. The van der Waals surface area contributed by atoms with Crippen molar-refractivity contribution in [2.45, 2.75) is 5.41 Å². The van der Waals surface area contributed by atoms with Gasteiger partial charge in [-0.25, -0.2) is 4.99 Å². The fourth-order valence-corrected chi connectivity index (χ4v) is 7.80. The smallest absolute Gasteiger partial charge is 0.0781 e. The van der Waals surface area contributed by atoms with E-state index in [1.54, 1.807) is 0 Å². The second kappa shape index (κ2) is 10.8. The van der Waals surface area contributed by atoms with Crippen LogP contribution in [0.3, 0.4) is 0 Å². The van der Waals surface area contributed by atoms with E-state index >= 15 is 0 Å². The highest BCUT2D eigenvalue weighted by atomic mass is 14.7. The van der Waals surface area contributed by atoms with Crippen LogP contribution in [0.2, 0.25) is 0 Å². The minimum Gasteiger partial charge on any atom is -0.248 e. The highest BCUT2D eigenvalue weighted by molar-refractivity contribution is 6.14. The molecule has 0 aromatic heterocycles. The average molecular weight is 598 g/mol.